The molecule has 16 heavy (non-hydrogen) atoms. The molecule has 6 nitrogen and oxygen atoms in total. The standard InChI is InChI=1S/C10H17N5O/c1-2-3-4-5-13-10(16)8-6-12-7-9(14-8)15-11/h6-7H,2-5,11H2,1H3,(H,13,16)(H,14,15). The first-order chi connectivity index (χ1) is 7.77. The van der Waals surface area contributed by atoms with Gasteiger partial charge in [-0.1, -0.05) is 19.8 Å². The minimum atomic E-state index is -0.222. The molecule has 0 radical (unpaired) electrons. The van der Waals surface area contributed by atoms with Crippen molar-refractivity contribution in [3.05, 3.63) is 18.1 Å². The summed E-state index contributed by atoms with van der Waals surface area (Å²) in [7, 11) is 0. The molecular weight excluding hydrogens is 206 g/mol. The van der Waals surface area contributed by atoms with Crippen molar-refractivity contribution in [1.29, 1.82) is 0 Å². The molecule has 1 aromatic heterocycles. The molecule has 0 fully saturated rings. The summed E-state index contributed by atoms with van der Waals surface area (Å²) < 4.78 is 0. The van der Waals surface area contributed by atoms with Gasteiger partial charge in [-0.05, 0) is 6.42 Å². The van der Waals surface area contributed by atoms with Gasteiger partial charge in [0.25, 0.3) is 5.91 Å². The van der Waals surface area contributed by atoms with Crippen LogP contribution in [0.1, 0.15) is 36.7 Å². The van der Waals surface area contributed by atoms with Crippen LogP contribution < -0.4 is 16.6 Å². The van der Waals surface area contributed by atoms with E-state index in [4.69, 9.17) is 5.84 Å². The molecule has 0 saturated carbocycles. The minimum Gasteiger partial charge on any atom is -0.351 e. The van der Waals surface area contributed by atoms with E-state index in [0.29, 0.717) is 12.4 Å². The first kappa shape index (κ1) is 12.4. The topological polar surface area (TPSA) is 92.9 Å². The van der Waals surface area contributed by atoms with Crippen LogP contribution >= 0.6 is 0 Å². The fourth-order valence-electron chi connectivity index (χ4n) is 1.21. The quantitative estimate of drug-likeness (QED) is 0.374. The number of unbranched alkanes of at least 4 members (excludes halogenated alkanes) is 2. The van der Waals surface area contributed by atoms with Crippen LogP contribution in [0.5, 0.6) is 0 Å². The Kier molecular flexibility index (Phi) is 5.21. The van der Waals surface area contributed by atoms with Gasteiger partial charge in [0.15, 0.2) is 5.82 Å². The number of nitrogens with zero attached hydrogens (tertiary/aromatic N) is 2. The van der Waals surface area contributed by atoms with Gasteiger partial charge in [0.1, 0.15) is 5.69 Å². The van der Waals surface area contributed by atoms with Gasteiger partial charge in [0.05, 0.1) is 12.4 Å². The zero-order chi connectivity index (χ0) is 11.8. The second kappa shape index (κ2) is 6.73. The number of carbonyl (C=O) groups is 1. The Morgan fingerprint density at radius 1 is 1.44 bits per heavy atom. The van der Waals surface area contributed by atoms with Crippen LogP contribution in [0.3, 0.4) is 0 Å². The maximum absolute atomic E-state index is 11.6. The molecule has 0 bridgehead atoms. The van der Waals surface area contributed by atoms with Crippen molar-refractivity contribution in [1.82, 2.24) is 15.3 Å². The van der Waals surface area contributed by atoms with E-state index in [-0.39, 0.29) is 11.6 Å². The zero-order valence-corrected chi connectivity index (χ0v) is 9.36. The number of aromatic nitrogens is 2. The highest BCUT2D eigenvalue weighted by atomic mass is 16.1. The van der Waals surface area contributed by atoms with Gasteiger partial charge in [-0.15, -0.1) is 0 Å². The number of nitrogens with one attached hydrogen (secondary N) is 2. The Bertz CT molecular complexity index is 342. The molecule has 88 valence electrons. The number of nitrogens with two attached hydrogens (primary N) is 1. The van der Waals surface area contributed by atoms with Crippen LogP contribution in [0, 0.1) is 0 Å². The summed E-state index contributed by atoms with van der Waals surface area (Å²) in [6.07, 6.45) is 6.08. The van der Waals surface area contributed by atoms with Crippen molar-refractivity contribution in [2.24, 2.45) is 5.84 Å². The molecular formula is C10H17N5O. The summed E-state index contributed by atoms with van der Waals surface area (Å²) >= 11 is 0. The molecule has 1 heterocycles. The summed E-state index contributed by atoms with van der Waals surface area (Å²) in [5.41, 5.74) is 2.62. The highest BCUT2D eigenvalue weighted by Crippen LogP contribution is 2.00. The van der Waals surface area contributed by atoms with E-state index in [2.05, 4.69) is 27.6 Å². The number of amides is 1. The third-order valence-corrected chi connectivity index (χ3v) is 2.08. The van der Waals surface area contributed by atoms with Crippen molar-refractivity contribution in [2.45, 2.75) is 26.2 Å². The van der Waals surface area contributed by atoms with Crippen LogP contribution in [0.15, 0.2) is 12.4 Å². The first-order valence-corrected chi connectivity index (χ1v) is 5.34. The number of rotatable bonds is 6. The van der Waals surface area contributed by atoms with Crippen LogP contribution in [0.4, 0.5) is 5.82 Å². The Morgan fingerprint density at radius 3 is 2.94 bits per heavy atom. The van der Waals surface area contributed by atoms with Gasteiger partial charge < -0.3 is 10.7 Å². The van der Waals surface area contributed by atoms with E-state index in [1.807, 2.05) is 0 Å². The zero-order valence-electron chi connectivity index (χ0n) is 9.36. The molecule has 0 unspecified atom stereocenters. The average molecular weight is 223 g/mol. The molecule has 0 aromatic carbocycles. The maximum atomic E-state index is 11.6. The Hall–Kier alpha value is -1.69. The van der Waals surface area contributed by atoms with Crippen LogP contribution in [-0.4, -0.2) is 22.4 Å². The fourth-order valence-corrected chi connectivity index (χ4v) is 1.21. The van der Waals surface area contributed by atoms with Gasteiger partial charge in [0, 0.05) is 6.54 Å². The number of anilines is 1. The molecule has 6 heteroatoms. The summed E-state index contributed by atoms with van der Waals surface area (Å²) in [6, 6.07) is 0. The van der Waals surface area contributed by atoms with Crippen molar-refractivity contribution < 1.29 is 4.79 Å². The normalized spacial score (nSPS) is 9.88. The lowest BCUT2D eigenvalue weighted by atomic mass is 10.2. The second-order valence-corrected chi connectivity index (χ2v) is 3.40. The highest BCUT2D eigenvalue weighted by Gasteiger charge is 2.07. The predicted octanol–water partition coefficient (Wildman–Crippen LogP) is 0.682. The Morgan fingerprint density at radius 2 is 2.25 bits per heavy atom. The Balaban J connectivity index is 2.46. The van der Waals surface area contributed by atoms with Gasteiger partial charge in [-0.2, -0.15) is 0 Å². The van der Waals surface area contributed by atoms with Crippen molar-refractivity contribution in [2.75, 3.05) is 12.0 Å². The van der Waals surface area contributed by atoms with E-state index in [1.54, 1.807) is 0 Å². The molecule has 1 amide bonds. The first-order valence-electron chi connectivity index (χ1n) is 5.34. The second-order valence-electron chi connectivity index (χ2n) is 3.40. The number of hydrogen-bond donors (Lipinski definition) is 3. The lowest BCUT2D eigenvalue weighted by Gasteiger charge is -2.04. The summed E-state index contributed by atoms with van der Waals surface area (Å²) in [6.45, 7) is 2.78. The van der Waals surface area contributed by atoms with E-state index < -0.39 is 0 Å². The third kappa shape index (κ3) is 3.82. The highest BCUT2D eigenvalue weighted by molar-refractivity contribution is 5.92. The van der Waals surface area contributed by atoms with E-state index in [1.165, 1.54) is 12.4 Å². The molecule has 0 aliphatic rings. The number of hydrazine groups is 1. The Labute approximate surface area is 94.6 Å². The maximum Gasteiger partial charge on any atom is 0.271 e. The monoisotopic (exact) mass is 223 g/mol. The van der Waals surface area contributed by atoms with Crippen LogP contribution in [0.2, 0.25) is 0 Å². The van der Waals surface area contributed by atoms with E-state index >= 15 is 0 Å². The molecule has 0 atom stereocenters. The number of nitrogen functional groups attached to an aromatic ring is 1. The molecule has 0 aliphatic carbocycles. The molecule has 4 N–H and O–H groups in total. The van der Waals surface area contributed by atoms with E-state index in [9.17, 15) is 4.79 Å². The summed E-state index contributed by atoms with van der Waals surface area (Å²) in [5, 5.41) is 2.78. The van der Waals surface area contributed by atoms with Crippen LogP contribution in [-0.2, 0) is 0 Å². The molecule has 1 aromatic rings. The largest absolute Gasteiger partial charge is 0.351 e. The van der Waals surface area contributed by atoms with Gasteiger partial charge in [-0.25, -0.2) is 10.8 Å². The van der Waals surface area contributed by atoms with Crippen molar-refractivity contribution >= 4 is 11.7 Å². The third-order valence-electron chi connectivity index (χ3n) is 2.08. The molecule has 1 rings (SSSR count). The van der Waals surface area contributed by atoms with Gasteiger partial charge >= 0.3 is 0 Å². The molecule has 0 spiro atoms. The summed E-state index contributed by atoms with van der Waals surface area (Å²) in [4.78, 5) is 19.4. The molecule has 0 aliphatic heterocycles. The fraction of sp³-hybridized carbons (Fsp3) is 0.500. The lowest BCUT2D eigenvalue weighted by Crippen LogP contribution is -2.26. The smallest absolute Gasteiger partial charge is 0.271 e. The SMILES string of the molecule is CCCCCNC(=O)c1cncc(NN)n1. The van der Waals surface area contributed by atoms with Gasteiger partial charge in [0.2, 0.25) is 0 Å². The molecule has 0 saturated heterocycles. The number of hydrogen-bond acceptors (Lipinski definition) is 5. The number of carbonyl (C=O) groups excluding carboxylic acids is 1. The predicted molar refractivity (Wildman–Crippen MR) is 61.7 cm³/mol. The average Bonchev–Trinajstić information content (AvgIpc) is 2.34. The van der Waals surface area contributed by atoms with Crippen molar-refractivity contribution in [3.63, 3.8) is 0 Å². The summed E-state index contributed by atoms with van der Waals surface area (Å²) in [5.74, 6) is 5.33. The van der Waals surface area contributed by atoms with E-state index in [0.717, 1.165) is 19.3 Å². The van der Waals surface area contributed by atoms with Gasteiger partial charge in [-0.3, -0.25) is 9.78 Å². The lowest BCUT2D eigenvalue weighted by molar-refractivity contribution is 0.0947. The van der Waals surface area contributed by atoms with Crippen LogP contribution in [0.25, 0.3) is 0 Å². The minimum absolute atomic E-state index is 0.222. The van der Waals surface area contributed by atoms with Crippen molar-refractivity contribution in [3.8, 4) is 0 Å².